The molecule has 0 atom stereocenters. The topological polar surface area (TPSA) is 74.6 Å². The van der Waals surface area contributed by atoms with Gasteiger partial charge in [0.1, 0.15) is 0 Å². The standard InChI is InChI=1S/C13H16O4.Mg.2H/c1-9(2)13(11(14)15,12(16)17)8-10-6-4-3-5-7-10;;;/h3-7,9H,8H2,1-2H3,(H,14,15)(H,16,17);;;. The van der Waals surface area contributed by atoms with Crippen LogP contribution in [-0.4, -0.2) is 45.2 Å². The summed E-state index contributed by atoms with van der Waals surface area (Å²) in [5.74, 6) is -3.06. The zero-order valence-corrected chi connectivity index (χ0v) is 9.88. The molecule has 0 aromatic heterocycles. The van der Waals surface area contributed by atoms with E-state index >= 15 is 0 Å². The summed E-state index contributed by atoms with van der Waals surface area (Å²) >= 11 is 0. The molecule has 0 amide bonds. The van der Waals surface area contributed by atoms with E-state index in [9.17, 15) is 19.8 Å². The summed E-state index contributed by atoms with van der Waals surface area (Å²) < 4.78 is 0. The van der Waals surface area contributed by atoms with Gasteiger partial charge in [0.25, 0.3) is 0 Å². The van der Waals surface area contributed by atoms with Gasteiger partial charge in [-0.05, 0) is 17.9 Å². The van der Waals surface area contributed by atoms with Crippen LogP contribution in [0.3, 0.4) is 0 Å². The Balaban J connectivity index is 0.00000289. The fraction of sp³-hybridized carbons (Fsp3) is 0.385. The monoisotopic (exact) mass is 262 g/mol. The number of carboxylic acids is 2. The van der Waals surface area contributed by atoms with Crippen LogP contribution in [0.4, 0.5) is 0 Å². The molecule has 0 aliphatic rings. The molecule has 1 aromatic rings. The van der Waals surface area contributed by atoms with Crippen molar-refractivity contribution in [1.82, 2.24) is 0 Å². The van der Waals surface area contributed by atoms with Crippen molar-refractivity contribution >= 4 is 35.0 Å². The van der Waals surface area contributed by atoms with E-state index in [4.69, 9.17) is 0 Å². The summed E-state index contributed by atoms with van der Waals surface area (Å²) in [6.45, 7) is 3.23. The minimum atomic E-state index is -1.76. The maximum atomic E-state index is 11.3. The summed E-state index contributed by atoms with van der Waals surface area (Å²) in [5, 5.41) is 18.5. The number of benzene rings is 1. The van der Waals surface area contributed by atoms with Gasteiger partial charge in [-0.15, -0.1) is 0 Å². The van der Waals surface area contributed by atoms with Gasteiger partial charge in [0.15, 0.2) is 5.41 Å². The van der Waals surface area contributed by atoms with E-state index in [2.05, 4.69) is 0 Å². The van der Waals surface area contributed by atoms with Gasteiger partial charge in [0.05, 0.1) is 0 Å². The molecule has 0 fully saturated rings. The molecule has 0 spiro atoms. The SMILES string of the molecule is CC(C)C(Cc1ccccc1)(C(=O)O)C(=O)O.[MgH2]. The van der Waals surface area contributed by atoms with Gasteiger partial charge in [0.2, 0.25) is 0 Å². The van der Waals surface area contributed by atoms with Crippen molar-refractivity contribution in [2.75, 3.05) is 0 Å². The van der Waals surface area contributed by atoms with E-state index in [-0.39, 0.29) is 29.5 Å². The highest BCUT2D eigenvalue weighted by atomic mass is 24.3. The molecule has 18 heavy (non-hydrogen) atoms. The van der Waals surface area contributed by atoms with Crippen LogP contribution < -0.4 is 0 Å². The van der Waals surface area contributed by atoms with Crippen LogP contribution in [0.25, 0.3) is 0 Å². The van der Waals surface area contributed by atoms with Gasteiger partial charge < -0.3 is 10.2 Å². The highest BCUT2D eigenvalue weighted by Gasteiger charge is 2.49. The summed E-state index contributed by atoms with van der Waals surface area (Å²) in [7, 11) is 0. The summed E-state index contributed by atoms with van der Waals surface area (Å²) in [6.07, 6.45) is -0.00380. The van der Waals surface area contributed by atoms with Crippen molar-refractivity contribution < 1.29 is 19.8 Å². The molecule has 5 heteroatoms. The number of aliphatic carboxylic acids is 2. The Bertz CT molecular complexity index is 400. The summed E-state index contributed by atoms with van der Waals surface area (Å²) in [5.41, 5.74) is -1.05. The van der Waals surface area contributed by atoms with Gasteiger partial charge in [-0.25, -0.2) is 0 Å². The quantitative estimate of drug-likeness (QED) is 0.616. The highest BCUT2D eigenvalue weighted by molar-refractivity contribution is 5.98. The zero-order valence-electron chi connectivity index (χ0n) is 9.88. The molecule has 0 radical (unpaired) electrons. The summed E-state index contributed by atoms with van der Waals surface area (Å²) in [4.78, 5) is 22.7. The Kier molecular flexibility index (Phi) is 6.35. The van der Waals surface area contributed by atoms with E-state index in [1.807, 2.05) is 6.07 Å². The first-order valence-electron chi connectivity index (χ1n) is 5.42. The number of hydrogen-bond donors (Lipinski definition) is 2. The van der Waals surface area contributed by atoms with Crippen molar-refractivity contribution in [3.8, 4) is 0 Å². The number of carbonyl (C=O) groups is 2. The zero-order chi connectivity index (χ0) is 13.1. The molecule has 0 aliphatic heterocycles. The summed E-state index contributed by atoms with van der Waals surface area (Å²) in [6, 6.07) is 8.82. The normalized spacial score (nSPS) is 10.8. The van der Waals surface area contributed by atoms with E-state index in [1.165, 1.54) is 0 Å². The largest absolute Gasteiger partial charge is 0.480 e. The van der Waals surface area contributed by atoms with Crippen LogP contribution in [-0.2, 0) is 16.0 Å². The molecule has 0 heterocycles. The first-order chi connectivity index (χ1) is 7.91. The minimum Gasteiger partial charge on any atom is -0.480 e. The molecular formula is C13H18MgO4. The van der Waals surface area contributed by atoms with Gasteiger partial charge in [0, 0.05) is 0 Å². The van der Waals surface area contributed by atoms with Gasteiger partial charge in [-0.2, -0.15) is 0 Å². The van der Waals surface area contributed by atoms with Crippen LogP contribution in [0.5, 0.6) is 0 Å². The number of rotatable bonds is 5. The molecule has 0 saturated heterocycles. The molecule has 2 N–H and O–H groups in total. The van der Waals surface area contributed by atoms with Crippen molar-refractivity contribution in [2.24, 2.45) is 11.3 Å². The molecule has 1 rings (SSSR count). The lowest BCUT2D eigenvalue weighted by Gasteiger charge is -2.28. The maximum Gasteiger partial charge on any atom is 0.321 e. The molecule has 0 unspecified atom stereocenters. The fourth-order valence-corrected chi connectivity index (χ4v) is 1.86. The van der Waals surface area contributed by atoms with Crippen LogP contribution in [0.1, 0.15) is 19.4 Å². The van der Waals surface area contributed by atoms with Crippen LogP contribution in [0.2, 0.25) is 0 Å². The van der Waals surface area contributed by atoms with E-state index in [1.54, 1.807) is 38.1 Å². The predicted octanol–water partition coefficient (Wildman–Crippen LogP) is 1.12. The third-order valence-corrected chi connectivity index (χ3v) is 3.07. The third kappa shape index (κ3) is 3.23. The van der Waals surface area contributed by atoms with Gasteiger partial charge in [-0.1, -0.05) is 44.2 Å². The van der Waals surface area contributed by atoms with E-state index < -0.39 is 23.3 Å². The van der Waals surface area contributed by atoms with Crippen molar-refractivity contribution in [3.63, 3.8) is 0 Å². The molecule has 0 bridgehead atoms. The second-order valence-electron chi connectivity index (χ2n) is 4.40. The van der Waals surface area contributed by atoms with Crippen molar-refractivity contribution in [1.29, 1.82) is 0 Å². The molecule has 4 nitrogen and oxygen atoms in total. The average Bonchev–Trinajstić information content (AvgIpc) is 2.25. The van der Waals surface area contributed by atoms with Crippen molar-refractivity contribution in [2.45, 2.75) is 20.3 Å². The minimum absolute atomic E-state index is 0. The van der Waals surface area contributed by atoms with Crippen LogP contribution in [0.15, 0.2) is 30.3 Å². The molecular weight excluding hydrogens is 244 g/mol. The van der Waals surface area contributed by atoms with Gasteiger partial charge in [-0.3, -0.25) is 9.59 Å². The fourth-order valence-electron chi connectivity index (χ4n) is 1.86. The number of hydrogen-bond acceptors (Lipinski definition) is 2. The molecule has 0 saturated carbocycles. The highest BCUT2D eigenvalue weighted by Crippen LogP contribution is 2.32. The first-order valence-corrected chi connectivity index (χ1v) is 5.42. The Hall–Kier alpha value is -1.07. The third-order valence-electron chi connectivity index (χ3n) is 3.07. The van der Waals surface area contributed by atoms with E-state index in [0.717, 1.165) is 0 Å². The second kappa shape index (κ2) is 6.75. The van der Waals surface area contributed by atoms with E-state index in [0.29, 0.717) is 5.56 Å². The van der Waals surface area contributed by atoms with Crippen LogP contribution in [0, 0.1) is 11.3 Å². The van der Waals surface area contributed by atoms with Crippen LogP contribution >= 0.6 is 0 Å². The van der Waals surface area contributed by atoms with Gasteiger partial charge >= 0.3 is 35.0 Å². The number of carboxylic acid groups (broad SMARTS) is 2. The smallest absolute Gasteiger partial charge is 0.321 e. The molecule has 1 aromatic carbocycles. The lowest BCUT2D eigenvalue weighted by molar-refractivity contribution is -0.168. The lowest BCUT2D eigenvalue weighted by Crippen LogP contribution is -2.45. The predicted molar refractivity (Wildman–Crippen MR) is 71.2 cm³/mol. The Morgan fingerprint density at radius 3 is 1.89 bits per heavy atom. The molecule has 0 aliphatic carbocycles. The second-order valence-corrected chi connectivity index (χ2v) is 4.40. The van der Waals surface area contributed by atoms with Crippen molar-refractivity contribution in [3.05, 3.63) is 35.9 Å². The Labute approximate surface area is 122 Å². The Morgan fingerprint density at radius 1 is 1.11 bits per heavy atom. The Morgan fingerprint density at radius 2 is 1.56 bits per heavy atom. The first kappa shape index (κ1) is 16.9. The molecule has 96 valence electrons. The lowest BCUT2D eigenvalue weighted by atomic mass is 9.72. The average molecular weight is 263 g/mol. The maximum absolute atomic E-state index is 11.3.